The summed E-state index contributed by atoms with van der Waals surface area (Å²) in [6, 6.07) is 13.4. The number of benzene rings is 2. The molecule has 2 amide bonds. The van der Waals surface area contributed by atoms with Gasteiger partial charge in [0.1, 0.15) is 5.82 Å². The Hall–Kier alpha value is -2.21. The van der Waals surface area contributed by atoms with Gasteiger partial charge < -0.3 is 10.6 Å². The number of rotatable bonds is 7. The van der Waals surface area contributed by atoms with E-state index in [0.29, 0.717) is 12.1 Å². The van der Waals surface area contributed by atoms with Crippen LogP contribution in [0.5, 0.6) is 0 Å². The molecule has 0 radical (unpaired) electrons. The number of hydrogen-bond acceptors (Lipinski definition) is 2. The third-order valence-electron chi connectivity index (χ3n) is 3.73. The second-order valence-corrected chi connectivity index (χ2v) is 6.73. The molecule has 0 saturated carbocycles. The van der Waals surface area contributed by atoms with Gasteiger partial charge in [-0.2, -0.15) is 0 Å². The highest BCUT2D eigenvalue weighted by molar-refractivity contribution is 9.10. The van der Waals surface area contributed by atoms with Gasteiger partial charge in [0.05, 0.1) is 0 Å². The minimum atomic E-state index is -0.294. The fraction of sp³-hybridized carbons (Fsp3) is 0.263. The molecule has 132 valence electrons. The zero-order valence-electron chi connectivity index (χ0n) is 13.9. The van der Waals surface area contributed by atoms with Crippen LogP contribution in [0.4, 0.5) is 10.1 Å². The highest BCUT2D eigenvalue weighted by atomic mass is 79.9. The molecule has 2 aromatic rings. The van der Waals surface area contributed by atoms with Crippen LogP contribution >= 0.6 is 15.9 Å². The van der Waals surface area contributed by atoms with Crippen molar-refractivity contribution in [2.24, 2.45) is 0 Å². The van der Waals surface area contributed by atoms with E-state index in [1.807, 2.05) is 19.1 Å². The van der Waals surface area contributed by atoms with Gasteiger partial charge >= 0.3 is 0 Å². The van der Waals surface area contributed by atoms with Crippen LogP contribution < -0.4 is 10.6 Å². The SMILES string of the molecule is CC(CC(=O)NCCC(=O)Nc1ccc(Br)cc1)c1ccc(F)cc1. The molecular formula is C19H20BrFN2O2. The first-order valence-corrected chi connectivity index (χ1v) is 8.81. The topological polar surface area (TPSA) is 58.2 Å². The molecular weight excluding hydrogens is 387 g/mol. The van der Waals surface area contributed by atoms with E-state index in [0.717, 1.165) is 10.0 Å². The largest absolute Gasteiger partial charge is 0.356 e. The lowest BCUT2D eigenvalue weighted by atomic mass is 9.97. The Morgan fingerprint density at radius 1 is 1.04 bits per heavy atom. The Labute approximate surface area is 154 Å². The number of carbonyl (C=O) groups is 2. The van der Waals surface area contributed by atoms with Crippen LogP contribution in [-0.4, -0.2) is 18.4 Å². The van der Waals surface area contributed by atoms with Gasteiger partial charge in [0.25, 0.3) is 0 Å². The molecule has 0 saturated heterocycles. The lowest BCUT2D eigenvalue weighted by Crippen LogP contribution is -2.28. The molecule has 2 aromatic carbocycles. The van der Waals surface area contributed by atoms with Crippen molar-refractivity contribution in [2.45, 2.75) is 25.7 Å². The average molecular weight is 407 g/mol. The van der Waals surface area contributed by atoms with Crippen LogP contribution in [-0.2, 0) is 9.59 Å². The van der Waals surface area contributed by atoms with E-state index in [4.69, 9.17) is 0 Å². The molecule has 0 aromatic heterocycles. The van der Waals surface area contributed by atoms with Crippen LogP contribution in [0.15, 0.2) is 53.0 Å². The Bertz CT molecular complexity index is 717. The van der Waals surface area contributed by atoms with Crippen molar-refractivity contribution < 1.29 is 14.0 Å². The molecule has 0 fully saturated rings. The van der Waals surface area contributed by atoms with E-state index in [1.165, 1.54) is 12.1 Å². The predicted molar refractivity (Wildman–Crippen MR) is 99.8 cm³/mol. The van der Waals surface area contributed by atoms with Crippen LogP contribution in [0.3, 0.4) is 0 Å². The second kappa shape index (κ2) is 9.32. The summed E-state index contributed by atoms with van der Waals surface area (Å²) >= 11 is 3.33. The monoisotopic (exact) mass is 406 g/mol. The van der Waals surface area contributed by atoms with E-state index in [9.17, 15) is 14.0 Å². The molecule has 6 heteroatoms. The van der Waals surface area contributed by atoms with Gasteiger partial charge in [0.15, 0.2) is 0 Å². The quantitative estimate of drug-likeness (QED) is 0.722. The summed E-state index contributed by atoms with van der Waals surface area (Å²) in [5.41, 5.74) is 1.62. The third kappa shape index (κ3) is 6.66. The maximum Gasteiger partial charge on any atom is 0.226 e. The summed E-state index contributed by atoms with van der Waals surface area (Å²) in [6.45, 7) is 2.18. The molecule has 4 nitrogen and oxygen atoms in total. The van der Waals surface area contributed by atoms with Gasteiger partial charge in [0.2, 0.25) is 11.8 Å². The van der Waals surface area contributed by atoms with Crippen LogP contribution in [0, 0.1) is 5.82 Å². The first-order chi connectivity index (χ1) is 11.9. The van der Waals surface area contributed by atoms with E-state index >= 15 is 0 Å². The number of hydrogen-bond donors (Lipinski definition) is 2. The summed E-state index contributed by atoms with van der Waals surface area (Å²) in [4.78, 5) is 23.8. The minimum Gasteiger partial charge on any atom is -0.356 e. The van der Waals surface area contributed by atoms with Gasteiger partial charge in [-0.15, -0.1) is 0 Å². The Morgan fingerprint density at radius 2 is 1.68 bits per heavy atom. The molecule has 1 atom stereocenters. The second-order valence-electron chi connectivity index (χ2n) is 5.81. The van der Waals surface area contributed by atoms with Crippen molar-refractivity contribution in [3.63, 3.8) is 0 Å². The summed E-state index contributed by atoms with van der Waals surface area (Å²) in [6.07, 6.45) is 0.493. The van der Waals surface area contributed by atoms with Crippen LogP contribution in [0.1, 0.15) is 31.2 Å². The molecule has 0 aliphatic rings. The molecule has 2 N–H and O–H groups in total. The van der Waals surface area contributed by atoms with Gasteiger partial charge in [-0.3, -0.25) is 9.59 Å². The molecule has 0 bridgehead atoms. The molecule has 0 aliphatic carbocycles. The van der Waals surface area contributed by atoms with Gasteiger partial charge in [-0.1, -0.05) is 35.0 Å². The van der Waals surface area contributed by atoms with Crippen molar-refractivity contribution >= 4 is 33.4 Å². The summed E-state index contributed by atoms with van der Waals surface area (Å²) in [5, 5.41) is 5.51. The fourth-order valence-electron chi connectivity index (χ4n) is 2.33. The first kappa shape index (κ1) is 19.1. The van der Waals surface area contributed by atoms with Crippen LogP contribution in [0.25, 0.3) is 0 Å². The zero-order valence-corrected chi connectivity index (χ0v) is 15.5. The van der Waals surface area contributed by atoms with Gasteiger partial charge in [-0.25, -0.2) is 4.39 Å². The first-order valence-electron chi connectivity index (χ1n) is 8.01. The highest BCUT2D eigenvalue weighted by Crippen LogP contribution is 2.19. The van der Waals surface area contributed by atoms with E-state index in [1.54, 1.807) is 24.3 Å². The number of halogens is 2. The number of carbonyl (C=O) groups excluding carboxylic acids is 2. The standard InChI is InChI=1S/C19H20BrFN2O2/c1-13(14-2-6-16(21)7-3-14)12-19(25)22-11-10-18(24)23-17-8-4-15(20)5-9-17/h2-9,13H,10-12H2,1H3,(H,22,25)(H,23,24). The van der Waals surface area contributed by atoms with Gasteiger partial charge in [-0.05, 0) is 47.9 Å². The average Bonchev–Trinajstić information content (AvgIpc) is 2.57. The van der Waals surface area contributed by atoms with Crippen molar-refractivity contribution in [1.29, 1.82) is 0 Å². The van der Waals surface area contributed by atoms with E-state index in [-0.39, 0.29) is 36.5 Å². The van der Waals surface area contributed by atoms with E-state index < -0.39 is 0 Å². The summed E-state index contributed by atoms with van der Waals surface area (Å²) in [7, 11) is 0. The maximum absolute atomic E-state index is 12.9. The molecule has 2 rings (SSSR count). The Kier molecular flexibility index (Phi) is 7.13. The number of anilines is 1. The smallest absolute Gasteiger partial charge is 0.226 e. The van der Waals surface area contributed by atoms with Crippen molar-refractivity contribution in [3.05, 3.63) is 64.4 Å². The van der Waals surface area contributed by atoms with Crippen molar-refractivity contribution in [1.82, 2.24) is 5.32 Å². The molecule has 0 spiro atoms. The summed E-state index contributed by atoms with van der Waals surface area (Å²) < 4.78 is 13.8. The minimum absolute atomic E-state index is 0.0165. The Balaban J connectivity index is 1.70. The zero-order chi connectivity index (χ0) is 18.2. The predicted octanol–water partition coefficient (Wildman–Crippen LogP) is 4.23. The maximum atomic E-state index is 12.9. The number of amides is 2. The lowest BCUT2D eigenvalue weighted by molar-refractivity contribution is -0.121. The highest BCUT2D eigenvalue weighted by Gasteiger charge is 2.11. The molecule has 0 aliphatic heterocycles. The summed E-state index contributed by atoms with van der Waals surface area (Å²) in [5.74, 6) is -0.600. The molecule has 25 heavy (non-hydrogen) atoms. The van der Waals surface area contributed by atoms with Crippen molar-refractivity contribution in [3.8, 4) is 0 Å². The van der Waals surface area contributed by atoms with E-state index in [2.05, 4.69) is 26.6 Å². The van der Waals surface area contributed by atoms with Gasteiger partial charge in [0, 0.05) is 29.5 Å². The third-order valence-corrected chi connectivity index (χ3v) is 4.26. The molecule has 0 heterocycles. The van der Waals surface area contributed by atoms with Crippen LogP contribution in [0.2, 0.25) is 0 Å². The fourth-order valence-corrected chi connectivity index (χ4v) is 2.60. The number of nitrogens with one attached hydrogen (secondary N) is 2. The van der Waals surface area contributed by atoms with Crippen molar-refractivity contribution in [2.75, 3.05) is 11.9 Å². The Morgan fingerprint density at radius 3 is 2.32 bits per heavy atom. The lowest BCUT2D eigenvalue weighted by Gasteiger charge is -2.12. The molecule has 1 unspecified atom stereocenters. The normalized spacial score (nSPS) is 11.6.